The number of rotatable bonds is 7. The van der Waals surface area contributed by atoms with Crippen molar-refractivity contribution >= 4 is 21.7 Å². The fraction of sp³-hybridized carbons (Fsp3) is 0.435. The standard InChI is InChI=1S/C23H29N5O3S/c1-16-6-11-28(12-7-16)32(30,31)21-14-20(13-17(2)18(21)3)23(29)27-10-9-26-22-19(15-24)5-4-8-25-22/h4-5,8,13-14,16H,6-7,9-12H2,1-3H3,(H,25,26)(H,27,29). The molecular weight excluding hydrogens is 426 g/mol. The molecule has 0 unspecified atom stereocenters. The largest absolute Gasteiger partial charge is 0.367 e. The maximum atomic E-state index is 13.3. The van der Waals surface area contributed by atoms with Crippen LogP contribution in [0.5, 0.6) is 0 Å². The normalized spacial score (nSPS) is 15.2. The molecule has 0 aliphatic carbocycles. The molecule has 1 aromatic heterocycles. The minimum Gasteiger partial charge on any atom is -0.367 e. The van der Waals surface area contributed by atoms with Gasteiger partial charge in [0.25, 0.3) is 5.91 Å². The number of amides is 1. The number of aryl methyl sites for hydroxylation is 1. The Morgan fingerprint density at radius 1 is 1.25 bits per heavy atom. The van der Waals surface area contributed by atoms with Crippen molar-refractivity contribution in [3.8, 4) is 6.07 Å². The molecule has 0 spiro atoms. The van der Waals surface area contributed by atoms with Gasteiger partial charge >= 0.3 is 0 Å². The third-order valence-electron chi connectivity index (χ3n) is 5.87. The average molecular weight is 456 g/mol. The van der Waals surface area contributed by atoms with Crippen LogP contribution in [-0.4, -0.2) is 49.8 Å². The van der Waals surface area contributed by atoms with E-state index in [4.69, 9.17) is 5.26 Å². The van der Waals surface area contributed by atoms with Gasteiger partial charge < -0.3 is 10.6 Å². The molecule has 1 aromatic carbocycles. The van der Waals surface area contributed by atoms with Gasteiger partial charge in [0.05, 0.1) is 10.5 Å². The van der Waals surface area contributed by atoms with Crippen LogP contribution in [0.4, 0.5) is 5.82 Å². The molecule has 1 fully saturated rings. The molecule has 2 N–H and O–H groups in total. The smallest absolute Gasteiger partial charge is 0.251 e. The Hall–Kier alpha value is -2.96. The van der Waals surface area contributed by atoms with Gasteiger partial charge in [-0.05, 0) is 68.0 Å². The van der Waals surface area contributed by atoms with Crippen LogP contribution in [0.15, 0.2) is 35.4 Å². The molecule has 1 aliphatic heterocycles. The quantitative estimate of drug-likeness (QED) is 0.621. The molecule has 2 aromatic rings. The zero-order chi connectivity index (χ0) is 23.3. The van der Waals surface area contributed by atoms with Crippen molar-refractivity contribution in [3.05, 3.63) is 52.7 Å². The number of sulfonamides is 1. The van der Waals surface area contributed by atoms with Crippen LogP contribution in [0.1, 0.15) is 46.8 Å². The lowest BCUT2D eigenvalue weighted by molar-refractivity contribution is 0.0955. The first-order valence-corrected chi connectivity index (χ1v) is 12.2. The van der Waals surface area contributed by atoms with Crippen molar-refractivity contribution in [2.45, 2.75) is 38.5 Å². The first-order chi connectivity index (χ1) is 15.2. The van der Waals surface area contributed by atoms with Gasteiger partial charge in [0, 0.05) is 37.9 Å². The highest BCUT2D eigenvalue weighted by atomic mass is 32.2. The highest BCUT2D eigenvalue weighted by molar-refractivity contribution is 7.89. The second-order valence-electron chi connectivity index (χ2n) is 8.20. The number of piperidine rings is 1. The minimum absolute atomic E-state index is 0.197. The van der Waals surface area contributed by atoms with E-state index in [1.807, 2.05) is 6.92 Å². The maximum Gasteiger partial charge on any atom is 0.251 e. The molecule has 32 heavy (non-hydrogen) atoms. The van der Waals surface area contributed by atoms with Crippen molar-refractivity contribution in [1.82, 2.24) is 14.6 Å². The van der Waals surface area contributed by atoms with Crippen LogP contribution >= 0.6 is 0 Å². The summed E-state index contributed by atoms with van der Waals surface area (Å²) in [6.07, 6.45) is 3.27. The summed E-state index contributed by atoms with van der Waals surface area (Å²) in [5.41, 5.74) is 2.16. The molecule has 0 atom stereocenters. The van der Waals surface area contributed by atoms with E-state index in [1.165, 1.54) is 10.4 Å². The highest BCUT2D eigenvalue weighted by Crippen LogP contribution is 2.28. The summed E-state index contributed by atoms with van der Waals surface area (Å²) in [6, 6.07) is 8.59. The van der Waals surface area contributed by atoms with E-state index in [2.05, 4.69) is 28.6 Å². The Labute approximate surface area is 189 Å². The zero-order valence-corrected chi connectivity index (χ0v) is 19.5. The fourth-order valence-corrected chi connectivity index (χ4v) is 5.48. The number of pyridine rings is 1. The van der Waals surface area contributed by atoms with Gasteiger partial charge in [0.15, 0.2) is 0 Å². The first kappa shape index (κ1) is 23.7. The number of aromatic nitrogens is 1. The highest BCUT2D eigenvalue weighted by Gasteiger charge is 2.30. The third-order valence-corrected chi connectivity index (χ3v) is 7.90. The summed E-state index contributed by atoms with van der Waals surface area (Å²) >= 11 is 0. The molecule has 2 heterocycles. The maximum absolute atomic E-state index is 13.3. The second kappa shape index (κ2) is 10.1. The number of carbonyl (C=O) groups excluding carboxylic acids is 1. The number of nitriles is 1. The second-order valence-corrected chi connectivity index (χ2v) is 10.1. The van der Waals surface area contributed by atoms with Crippen molar-refractivity contribution < 1.29 is 13.2 Å². The molecule has 8 nitrogen and oxygen atoms in total. The van der Waals surface area contributed by atoms with E-state index in [9.17, 15) is 13.2 Å². The number of hydrogen-bond donors (Lipinski definition) is 2. The average Bonchev–Trinajstić information content (AvgIpc) is 2.78. The third kappa shape index (κ3) is 5.26. The Balaban J connectivity index is 1.69. The van der Waals surface area contributed by atoms with Crippen LogP contribution in [0, 0.1) is 31.1 Å². The molecule has 0 saturated carbocycles. The van der Waals surface area contributed by atoms with E-state index in [-0.39, 0.29) is 10.8 Å². The van der Waals surface area contributed by atoms with Crippen LogP contribution in [0.3, 0.4) is 0 Å². The Morgan fingerprint density at radius 2 is 1.97 bits per heavy atom. The molecule has 1 aliphatic rings. The summed E-state index contributed by atoms with van der Waals surface area (Å²) in [4.78, 5) is 17.0. The van der Waals surface area contributed by atoms with E-state index >= 15 is 0 Å². The van der Waals surface area contributed by atoms with Gasteiger partial charge in [-0.25, -0.2) is 13.4 Å². The predicted octanol–water partition coefficient (Wildman–Crippen LogP) is 2.83. The van der Waals surface area contributed by atoms with Gasteiger partial charge in [0.1, 0.15) is 11.9 Å². The number of nitrogens with one attached hydrogen (secondary N) is 2. The minimum atomic E-state index is -3.66. The van der Waals surface area contributed by atoms with Crippen LogP contribution < -0.4 is 10.6 Å². The molecule has 170 valence electrons. The van der Waals surface area contributed by atoms with Gasteiger partial charge in [-0.1, -0.05) is 6.92 Å². The monoisotopic (exact) mass is 455 g/mol. The zero-order valence-electron chi connectivity index (χ0n) is 18.7. The van der Waals surface area contributed by atoms with Crippen molar-refractivity contribution in [2.24, 2.45) is 5.92 Å². The Morgan fingerprint density at radius 3 is 2.66 bits per heavy atom. The van der Waals surface area contributed by atoms with Crippen molar-refractivity contribution in [1.29, 1.82) is 5.26 Å². The van der Waals surface area contributed by atoms with Gasteiger partial charge in [-0.2, -0.15) is 9.57 Å². The van der Waals surface area contributed by atoms with E-state index < -0.39 is 10.0 Å². The SMILES string of the molecule is Cc1cc(C(=O)NCCNc2ncccc2C#N)cc(S(=O)(=O)N2CCC(C)CC2)c1C. The lowest BCUT2D eigenvalue weighted by Crippen LogP contribution is -2.38. The van der Waals surface area contributed by atoms with Crippen molar-refractivity contribution in [2.75, 3.05) is 31.5 Å². The topological polar surface area (TPSA) is 115 Å². The van der Waals surface area contributed by atoms with E-state index in [1.54, 1.807) is 31.3 Å². The number of anilines is 1. The van der Waals surface area contributed by atoms with Crippen molar-refractivity contribution in [3.63, 3.8) is 0 Å². The van der Waals surface area contributed by atoms with Gasteiger partial charge in [0.2, 0.25) is 10.0 Å². The lowest BCUT2D eigenvalue weighted by Gasteiger charge is -2.30. The Bertz CT molecular complexity index is 1130. The van der Waals surface area contributed by atoms with Crippen LogP contribution in [0.2, 0.25) is 0 Å². The van der Waals surface area contributed by atoms with E-state index in [0.717, 1.165) is 18.4 Å². The molecule has 9 heteroatoms. The molecule has 1 amide bonds. The molecule has 0 radical (unpaired) electrons. The molecule has 0 bridgehead atoms. The number of hydrogen-bond acceptors (Lipinski definition) is 6. The van der Waals surface area contributed by atoms with Crippen LogP contribution in [0.25, 0.3) is 0 Å². The first-order valence-electron chi connectivity index (χ1n) is 10.7. The number of benzene rings is 1. The molecular formula is C23H29N5O3S. The molecule has 3 rings (SSSR count). The summed E-state index contributed by atoms with van der Waals surface area (Å²) in [7, 11) is -3.66. The summed E-state index contributed by atoms with van der Waals surface area (Å²) in [5, 5.41) is 14.9. The summed E-state index contributed by atoms with van der Waals surface area (Å²) in [6.45, 7) is 7.40. The Kier molecular flexibility index (Phi) is 7.48. The predicted molar refractivity (Wildman–Crippen MR) is 123 cm³/mol. The molecule has 1 saturated heterocycles. The van der Waals surface area contributed by atoms with Gasteiger partial charge in [-0.3, -0.25) is 4.79 Å². The van der Waals surface area contributed by atoms with E-state index in [0.29, 0.717) is 54.6 Å². The number of nitrogens with zero attached hydrogens (tertiary/aromatic N) is 3. The summed E-state index contributed by atoms with van der Waals surface area (Å²) < 4.78 is 28.1. The van der Waals surface area contributed by atoms with Gasteiger partial charge in [-0.15, -0.1) is 0 Å². The fourth-order valence-electron chi connectivity index (χ4n) is 3.69. The number of carbonyl (C=O) groups is 1. The van der Waals surface area contributed by atoms with Crippen LogP contribution in [-0.2, 0) is 10.0 Å². The lowest BCUT2D eigenvalue weighted by atomic mass is 10.0. The summed E-state index contributed by atoms with van der Waals surface area (Å²) in [5.74, 6) is 0.630.